The second kappa shape index (κ2) is 15.9. The average Bonchev–Trinajstić information content (AvgIpc) is 4.01. The van der Waals surface area contributed by atoms with Crippen LogP contribution in [0.25, 0.3) is 77.9 Å². The van der Waals surface area contributed by atoms with Crippen LogP contribution in [-0.4, -0.2) is 0 Å². The van der Waals surface area contributed by atoms with Crippen molar-refractivity contribution >= 4 is 17.1 Å². The van der Waals surface area contributed by atoms with Gasteiger partial charge in [-0.3, -0.25) is 0 Å². The van der Waals surface area contributed by atoms with Gasteiger partial charge in [-0.05, 0) is 154 Å². The predicted octanol–water partition coefficient (Wildman–Crippen LogP) is 18.5. The van der Waals surface area contributed by atoms with E-state index in [9.17, 15) is 0 Å². The van der Waals surface area contributed by atoms with Gasteiger partial charge in [-0.15, -0.1) is 0 Å². The van der Waals surface area contributed by atoms with E-state index in [2.05, 4.69) is 280 Å². The van der Waals surface area contributed by atoms with E-state index in [1.807, 2.05) is 0 Å². The standard InChI is InChI=1S/C70H49N/c1-69(2)61-29-12-9-24-57(61)58-43-38-51(45-66(58)69)50-22-15-23-54(44-50)71(52-39-34-47(35-40-52)46-18-5-3-6-19-46)53-41-36-49(37-42-53)56-28-17-33-65-68(56)60-26-11-14-31-63(60)70(65)62-30-13-10-25-59(62)67-55(27-16-32-64(67)70)48-20-7-4-8-21-48/h3-45H,1-2H3. The number of benzene rings is 11. The lowest BCUT2D eigenvalue weighted by molar-refractivity contribution is 0.660. The molecule has 0 heterocycles. The zero-order valence-electron chi connectivity index (χ0n) is 39.8. The molecule has 0 N–H and O–H groups in total. The first-order valence-corrected chi connectivity index (χ1v) is 24.9. The molecule has 0 radical (unpaired) electrons. The summed E-state index contributed by atoms with van der Waals surface area (Å²) in [5.41, 5.74) is 28.6. The van der Waals surface area contributed by atoms with Crippen LogP contribution in [0.4, 0.5) is 17.1 Å². The molecule has 0 aliphatic heterocycles. The maximum Gasteiger partial charge on any atom is 0.0725 e. The molecule has 1 heteroatoms. The molecule has 11 aromatic rings. The zero-order valence-corrected chi connectivity index (χ0v) is 39.8. The highest BCUT2D eigenvalue weighted by atomic mass is 15.1. The quantitative estimate of drug-likeness (QED) is 0.154. The molecule has 71 heavy (non-hydrogen) atoms. The maximum absolute atomic E-state index is 2.42. The van der Waals surface area contributed by atoms with Crippen molar-refractivity contribution in [3.05, 3.63) is 294 Å². The van der Waals surface area contributed by atoms with Crippen molar-refractivity contribution in [3.63, 3.8) is 0 Å². The Kier molecular flexibility index (Phi) is 9.22. The van der Waals surface area contributed by atoms with E-state index >= 15 is 0 Å². The number of nitrogens with zero attached hydrogens (tertiary/aromatic N) is 1. The Balaban J connectivity index is 0.895. The Hall–Kier alpha value is -8.78. The molecule has 14 rings (SSSR count). The molecule has 0 saturated carbocycles. The SMILES string of the molecule is CC1(C)c2ccccc2-c2ccc(-c3cccc(N(c4ccc(-c5ccccc5)cc4)c4ccc(-c5cccc6c5-c5ccccc5C65c6ccccc6-c6c(-c7ccccc7)cccc65)cc4)c3)cc21. The summed E-state index contributed by atoms with van der Waals surface area (Å²) in [5, 5.41) is 0. The lowest BCUT2D eigenvalue weighted by Gasteiger charge is -2.30. The van der Waals surface area contributed by atoms with Crippen LogP contribution in [0, 0.1) is 0 Å². The third-order valence-corrected chi connectivity index (χ3v) is 15.9. The second-order valence-electron chi connectivity index (χ2n) is 19.9. The van der Waals surface area contributed by atoms with E-state index in [0.717, 1.165) is 17.1 Å². The average molecular weight is 904 g/mol. The molecule has 0 bridgehead atoms. The van der Waals surface area contributed by atoms with Crippen molar-refractivity contribution in [1.82, 2.24) is 0 Å². The van der Waals surface area contributed by atoms with Gasteiger partial charge in [0.2, 0.25) is 0 Å². The first kappa shape index (κ1) is 41.2. The van der Waals surface area contributed by atoms with Crippen LogP contribution in [0.3, 0.4) is 0 Å². The normalized spacial score (nSPS) is 15.1. The Morgan fingerprint density at radius 2 is 0.634 bits per heavy atom. The first-order valence-electron chi connectivity index (χ1n) is 24.9. The molecule has 0 aromatic heterocycles. The number of hydrogen-bond donors (Lipinski definition) is 0. The van der Waals surface area contributed by atoms with Crippen molar-refractivity contribution in [2.75, 3.05) is 4.90 Å². The van der Waals surface area contributed by atoms with E-state index in [1.54, 1.807) is 0 Å². The Labute approximate surface area is 416 Å². The second-order valence-corrected chi connectivity index (χ2v) is 19.9. The molecular weight excluding hydrogens is 855 g/mol. The minimum atomic E-state index is -0.453. The maximum atomic E-state index is 2.42. The lowest BCUT2D eigenvalue weighted by Crippen LogP contribution is -2.25. The monoisotopic (exact) mass is 903 g/mol. The summed E-state index contributed by atoms with van der Waals surface area (Å²) in [6.45, 7) is 4.72. The van der Waals surface area contributed by atoms with Crippen LogP contribution in [-0.2, 0) is 10.8 Å². The van der Waals surface area contributed by atoms with Crippen molar-refractivity contribution in [2.45, 2.75) is 24.7 Å². The van der Waals surface area contributed by atoms with Crippen LogP contribution in [0.2, 0.25) is 0 Å². The van der Waals surface area contributed by atoms with E-state index in [1.165, 1.54) is 111 Å². The summed E-state index contributed by atoms with van der Waals surface area (Å²) >= 11 is 0. The van der Waals surface area contributed by atoms with Gasteiger partial charge < -0.3 is 4.90 Å². The van der Waals surface area contributed by atoms with Gasteiger partial charge in [0.1, 0.15) is 0 Å². The lowest BCUT2D eigenvalue weighted by atomic mass is 9.70. The van der Waals surface area contributed by atoms with Gasteiger partial charge in [-0.1, -0.05) is 232 Å². The van der Waals surface area contributed by atoms with Gasteiger partial charge in [0, 0.05) is 22.5 Å². The van der Waals surface area contributed by atoms with E-state index < -0.39 is 5.41 Å². The number of hydrogen-bond acceptors (Lipinski definition) is 1. The molecule has 1 unspecified atom stereocenters. The van der Waals surface area contributed by atoms with Gasteiger partial charge >= 0.3 is 0 Å². The summed E-state index contributed by atoms with van der Waals surface area (Å²) in [4.78, 5) is 2.41. The molecule has 3 aliphatic carbocycles. The molecule has 0 fully saturated rings. The van der Waals surface area contributed by atoms with E-state index in [4.69, 9.17) is 0 Å². The number of fused-ring (bicyclic) bond motifs is 13. The summed E-state index contributed by atoms with van der Waals surface area (Å²) in [6.07, 6.45) is 0. The van der Waals surface area contributed by atoms with Gasteiger partial charge in [0.25, 0.3) is 0 Å². The highest BCUT2D eigenvalue weighted by Crippen LogP contribution is 2.65. The van der Waals surface area contributed by atoms with Gasteiger partial charge in [-0.2, -0.15) is 0 Å². The minimum Gasteiger partial charge on any atom is -0.310 e. The van der Waals surface area contributed by atoms with E-state index in [-0.39, 0.29) is 5.41 Å². The fourth-order valence-corrected chi connectivity index (χ4v) is 12.7. The Morgan fingerprint density at radius 3 is 1.24 bits per heavy atom. The van der Waals surface area contributed by atoms with Gasteiger partial charge in [0.15, 0.2) is 0 Å². The smallest absolute Gasteiger partial charge is 0.0725 e. The summed E-state index contributed by atoms with van der Waals surface area (Å²) < 4.78 is 0. The minimum absolute atomic E-state index is 0.0761. The third-order valence-electron chi connectivity index (χ3n) is 15.9. The molecule has 3 aliphatic rings. The molecule has 11 aromatic carbocycles. The van der Waals surface area contributed by atoms with Crippen LogP contribution < -0.4 is 4.90 Å². The van der Waals surface area contributed by atoms with Crippen molar-refractivity contribution < 1.29 is 0 Å². The molecule has 1 nitrogen and oxygen atoms in total. The molecular formula is C70H49N. The molecule has 334 valence electrons. The largest absolute Gasteiger partial charge is 0.310 e. The zero-order chi connectivity index (χ0) is 47.3. The van der Waals surface area contributed by atoms with Crippen LogP contribution in [0.1, 0.15) is 47.2 Å². The van der Waals surface area contributed by atoms with Gasteiger partial charge in [0.05, 0.1) is 5.41 Å². The number of anilines is 3. The predicted molar refractivity (Wildman–Crippen MR) is 297 cm³/mol. The third kappa shape index (κ3) is 6.13. The summed E-state index contributed by atoms with van der Waals surface area (Å²) in [5.74, 6) is 0. The summed E-state index contributed by atoms with van der Waals surface area (Å²) in [6, 6.07) is 97.1. The highest BCUT2D eigenvalue weighted by Gasteiger charge is 2.52. The van der Waals surface area contributed by atoms with Crippen LogP contribution >= 0.6 is 0 Å². The molecule has 0 amide bonds. The van der Waals surface area contributed by atoms with Crippen molar-refractivity contribution in [2.24, 2.45) is 0 Å². The van der Waals surface area contributed by atoms with Crippen LogP contribution in [0.5, 0.6) is 0 Å². The topological polar surface area (TPSA) is 3.24 Å². The Morgan fingerprint density at radius 1 is 0.239 bits per heavy atom. The highest BCUT2D eigenvalue weighted by molar-refractivity contribution is 6.03. The molecule has 1 spiro atoms. The van der Waals surface area contributed by atoms with Crippen LogP contribution in [0.15, 0.2) is 261 Å². The van der Waals surface area contributed by atoms with Crippen molar-refractivity contribution in [1.29, 1.82) is 0 Å². The molecule has 1 atom stereocenters. The fraction of sp³-hybridized carbons (Fsp3) is 0.0571. The molecule has 0 saturated heterocycles. The first-order chi connectivity index (χ1) is 35.0. The fourth-order valence-electron chi connectivity index (χ4n) is 12.7. The van der Waals surface area contributed by atoms with E-state index in [0.29, 0.717) is 0 Å². The van der Waals surface area contributed by atoms with Gasteiger partial charge in [-0.25, -0.2) is 0 Å². The summed E-state index contributed by atoms with van der Waals surface area (Å²) in [7, 11) is 0. The van der Waals surface area contributed by atoms with Crippen molar-refractivity contribution in [3.8, 4) is 77.9 Å². The Bertz CT molecular complexity index is 3880. The number of rotatable bonds is 7.